The molecule has 0 fully saturated rings. The maximum absolute atomic E-state index is 11.1. The minimum absolute atomic E-state index is 0.342. The summed E-state index contributed by atoms with van der Waals surface area (Å²) in [7, 11) is 0. The number of carbonyl (C=O) groups excluding carboxylic acids is 1. The van der Waals surface area contributed by atoms with Gasteiger partial charge in [0.2, 0.25) is 0 Å². The zero-order valence-electron chi connectivity index (χ0n) is 11.6. The zero-order valence-corrected chi connectivity index (χ0v) is 12.4. The number of rotatable bonds is 8. The van der Waals surface area contributed by atoms with E-state index >= 15 is 0 Å². The predicted molar refractivity (Wildman–Crippen MR) is 79.0 cm³/mol. The van der Waals surface area contributed by atoms with Gasteiger partial charge in [0.1, 0.15) is 11.8 Å². The molecule has 1 rings (SSSR count). The van der Waals surface area contributed by atoms with Crippen molar-refractivity contribution in [3.8, 4) is 5.75 Å². The molecule has 0 aromatic heterocycles. The summed E-state index contributed by atoms with van der Waals surface area (Å²) in [6, 6.07) is 6.48. The van der Waals surface area contributed by atoms with Crippen LogP contribution in [0.25, 0.3) is 0 Å². The molecule has 0 aliphatic heterocycles. The first kappa shape index (κ1) is 16.5. The third-order valence-corrected chi connectivity index (χ3v) is 3.32. The van der Waals surface area contributed by atoms with E-state index in [-0.39, 0.29) is 0 Å². The zero-order chi connectivity index (χ0) is 15.0. The molecule has 1 aromatic rings. The van der Waals surface area contributed by atoms with Crippen LogP contribution in [0.3, 0.4) is 0 Å². The second kappa shape index (κ2) is 8.60. The molecule has 6 heteroatoms. The van der Waals surface area contributed by atoms with Gasteiger partial charge in [0.15, 0.2) is 0 Å². The molecule has 0 unspecified atom stereocenters. The van der Waals surface area contributed by atoms with Crippen molar-refractivity contribution in [3.05, 3.63) is 29.8 Å². The number of nitrogens with one attached hydrogen (secondary N) is 1. The minimum atomic E-state index is -0.871. The summed E-state index contributed by atoms with van der Waals surface area (Å²) in [5.41, 5.74) is 0.762. The fraction of sp³-hybridized carbons (Fsp3) is 0.429. The van der Waals surface area contributed by atoms with Gasteiger partial charge in [-0.05, 0) is 24.5 Å². The Balaban J connectivity index is 2.67. The standard InChI is InChI=1S/C14H19NO4S/c1-10(16)19-13-6-4-3-5-11(13)9-15-12(14(17)18)7-8-20-2/h3-6,12,15H,7-9H2,1-2H3,(H,17,18)/t12-/m0/s1. The molecular weight excluding hydrogens is 278 g/mol. The summed E-state index contributed by atoms with van der Waals surface area (Å²) in [5, 5.41) is 12.1. The fourth-order valence-corrected chi connectivity index (χ4v) is 2.16. The highest BCUT2D eigenvalue weighted by atomic mass is 32.2. The number of benzene rings is 1. The Morgan fingerprint density at radius 2 is 2.10 bits per heavy atom. The molecule has 0 saturated carbocycles. The maximum Gasteiger partial charge on any atom is 0.320 e. The monoisotopic (exact) mass is 297 g/mol. The lowest BCUT2D eigenvalue weighted by Crippen LogP contribution is -2.36. The maximum atomic E-state index is 11.1. The highest BCUT2D eigenvalue weighted by molar-refractivity contribution is 7.98. The second-order valence-electron chi connectivity index (χ2n) is 4.25. The van der Waals surface area contributed by atoms with Gasteiger partial charge in [0.25, 0.3) is 0 Å². The van der Waals surface area contributed by atoms with Gasteiger partial charge in [0, 0.05) is 19.0 Å². The molecule has 0 saturated heterocycles. The quantitative estimate of drug-likeness (QED) is 0.564. The summed E-state index contributed by atoms with van der Waals surface area (Å²) in [6.45, 7) is 1.68. The van der Waals surface area contributed by atoms with Crippen molar-refractivity contribution in [3.63, 3.8) is 0 Å². The number of aliphatic carboxylic acids is 1. The third-order valence-electron chi connectivity index (χ3n) is 2.67. The van der Waals surface area contributed by atoms with E-state index in [0.29, 0.717) is 18.7 Å². The van der Waals surface area contributed by atoms with Crippen LogP contribution in [0.15, 0.2) is 24.3 Å². The molecule has 20 heavy (non-hydrogen) atoms. The van der Waals surface area contributed by atoms with Gasteiger partial charge in [-0.1, -0.05) is 18.2 Å². The molecule has 0 amide bonds. The highest BCUT2D eigenvalue weighted by Gasteiger charge is 2.17. The van der Waals surface area contributed by atoms with Crippen LogP contribution in [0.5, 0.6) is 5.75 Å². The first-order valence-corrected chi connectivity index (χ1v) is 7.65. The molecule has 0 radical (unpaired) electrons. The fourth-order valence-electron chi connectivity index (χ4n) is 1.69. The van der Waals surface area contributed by atoms with E-state index in [9.17, 15) is 9.59 Å². The molecule has 2 N–H and O–H groups in total. The van der Waals surface area contributed by atoms with Crippen LogP contribution in [-0.4, -0.2) is 35.1 Å². The molecule has 0 aliphatic rings. The van der Waals surface area contributed by atoms with Crippen LogP contribution in [0, 0.1) is 0 Å². The Kier molecular flexibility index (Phi) is 7.11. The summed E-state index contributed by atoms with van der Waals surface area (Å²) in [5.74, 6) is -0.0321. The summed E-state index contributed by atoms with van der Waals surface area (Å²) < 4.78 is 5.09. The number of carbonyl (C=O) groups is 2. The molecule has 1 aromatic carbocycles. The van der Waals surface area contributed by atoms with Crippen molar-refractivity contribution in [1.29, 1.82) is 0 Å². The van der Waals surface area contributed by atoms with E-state index in [4.69, 9.17) is 9.84 Å². The largest absolute Gasteiger partial charge is 0.480 e. The van der Waals surface area contributed by atoms with Gasteiger partial charge >= 0.3 is 11.9 Å². The Bertz CT molecular complexity index is 464. The molecule has 110 valence electrons. The Morgan fingerprint density at radius 1 is 1.40 bits per heavy atom. The molecular formula is C14H19NO4S. The van der Waals surface area contributed by atoms with Gasteiger partial charge in [-0.2, -0.15) is 11.8 Å². The summed E-state index contributed by atoms with van der Waals surface area (Å²) >= 11 is 1.61. The number of hydrogen-bond donors (Lipinski definition) is 2. The van der Waals surface area contributed by atoms with E-state index in [0.717, 1.165) is 11.3 Å². The van der Waals surface area contributed by atoms with Crippen molar-refractivity contribution in [2.24, 2.45) is 0 Å². The first-order valence-electron chi connectivity index (χ1n) is 6.26. The highest BCUT2D eigenvalue weighted by Crippen LogP contribution is 2.18. The van der Waals surface area contributed by atoms with E-state index < -0.39 is 18.0 Å². The van der Waals surface area contributed by atoms with Crippen molar-refractivity contribution in [2.75, 3.05) is 12.0 Å². The van der Waals surface area contributed by atoms with Crippen molar-refractivity contribution < 1.29 is 19.4 Å². The molecule has 0 heterocycles. The van der Waals surface area contributed by atoms with Crippen LogP contribution in [0.4, 0.5) is 0 Å². The van der Waals surface area contributed by atoms with Crippen molar-refractivity contribution in [1.82, 2.24) is 5.32 Å². The third kappa shape index (κ3) is 5.63. The number of esters is 1. The minimum Gasteiger partial charge on any atom is -0.480 e. The van der Waals surface area contributed by atoms with Gasteiger partial charge in [-0.25, -0.2) is 0 Å². The summed E-state index contributed by atoms with van der Waals surface area (Å²) in [6.07, 6.45) is 2.49. The topological polar surface area (TPSA) is 75.6 Å². The van der Waals surface area contributed by atoms with Crippen LogP contribution in [0.1, 0.15) is 18.9 Å². The number of carboxylic acid groups (broad SMARTS) is 1. The number of para-hydroxylation sites is 1. The lowest BCUT2D eigenvalue weighted by atomic mass is 10.1. The lowest BCUT2D eigenvalue weighted by molar-refractivity contribution is -0.139. The van der Waals surface area contributed by atoms with Gasteiger partial charge in [-0.15, -0.1) is 0 Å². The van der Waals surface area contributed by atoms with E-state index in [1.807, 2.05) is 12.3 Å². The molecule has 0 aliphatic carbocycles. The number of ether oxygens (including phenoxy) is 1. The van der Waals surface area contributed by atoms with Crippen LogP contribution in [-0.2, 0) is 16.1 Å². The number of hydrogen-bond acceptors (Lipinski definition) is 5. The van der Waals surface area contributed by atoms with Crippen LogP contribution >= 0.6 is 11.8 Å². The van der Waals surface area contributed by atoms with E-state index in [1.54, 1.807) is 30.0 Å². The SMILES string of the molecule is CSCC[C@H](NCc1ccccc1OC(C)=O)C(=O)O. The van der Waals surface area contributed by atoms with Crippen LogP contribution < -0.4 is 10.1 Å². The number of thioether (sulfide) groups is 1. The Hall–Kier alpha value is -1.53. The normalized spacial score (nSPS) is 11.9. The smallest absolute Gasteiger partial charge is 0.320 e. The molecule has 0 spiro atoms. The van der Waals surface area contributed by atoms with Gasteiger partial charge in [-0.3, -0.25) is 9.59 Å². The lowest BCUT2D eigenvalue weighted by Gasteiger charge is -2.15. The van der Waals surface area contributed by atoms with Crippen LogP contribution in [0.2, 0.25) is 0 Å². The van der Waals surface area contributed by atoms with Gasteiger partial charge in [0.05, 0.1) is 0 Å². The van der Waals surface area contributed by atoms with E-state index in [1.165, 1.54) is 6.92 Å². The number of carboxylic acids is 1. The summed E-state index contributed by atoms with van der Waals surface area (Å²) in [4.78, 5) is 22.1. The molecule has 5 nitrogen and oxygen atoms in total. The molecule has 1 atom stereocenters. The Morgan fingerprint density at radius 3 is 2.70 bits per heavy atom. The van der Waals surface area contributed by atoms with E-state index in [2.05, 4.69) is 5.32 Å². The first-order chi connectivity index (χ1) is 9.54. The average molecular weight is 297 g/mol. The Labute approximate surface area is 122 Å². The van der Waals surface area contributed by atoms with Crippen molar-refractivity contribution >= 4 is 23.7 Å². The van der Waals surface area contributed by atoms with Gasteiger partial charge < -0.3 is 15.2 Å². The predicted octanol–water partition coefficient (Wildman–Crippen LogP) is 1.91. The van der Waals surface area contributed by atoms with Crippen molar-refractivity contribution in [2.45, 2.75) is 25.9 Å². The second-order valence-corrected chi connectivity index (χ2v) is 5.24. The average Bonchev–Trinajstić information content (AvgIpc) is 2.39. The molecule has 0 bridgehead atoms.